The van der Waals surface area contributed by atoms with Crippen LogP contribution in [0.5, 0.6) is 0 Å². The summed E-state index contributed by atoms with van der Waals surface area (Å²) < 4.78 is -1.87. The van der Waals surface area contributed by atoms with Crippen LogP contribution in [0.3, 0.4) is 0 Å². The van der Waals surface area contributed by atoms with Gasteiger partial charge in [0.25, 0.3) is 0 Å². The topological polar surface area (TPSA) is 33.1 Å². The summed E-state index contributed by atoms with van der Waals surface area (Å²) in [5, 5.41) is 12.6. The summed E-state index contributed by atoms with van der Waals surface area (Å²) in [6.07, 6.45) is 3.08. The second-order valence-electron chi connectivity index (χ2n) is 3.43. The minimum Gasteiger partial charge on any atom is -0.375 e. The molecule has 0 radical (unpaired) electrons. The Morgan fingerprint density at radius 3 is 2.41 bits per heavy atom. The van der Waals surface area contributed by atoms with Crippen molar-refractivity contribution in [2.75, 3.05) is 0 Å². The minimum atomic E-state index is -1.87. The zero-order chi connectivity index (χ0) is 12.5. The van der Waals surface area contributed by atoms with Gasteiger partial charge < -0.3 is 5.11 Å². The fourth-order valence-corrected chi connectivity index (χ4v) is 3.21. The van der Waals surface area contributed by atoms with E-state index in [0.717, 1.165) is 0 Å². The van der Waals surface area contributed by atoms with Crippen molar-refractivity contribution in [3.05, 3.63) is 52.5 Å². The average Bonchev–Trinajstić information content (AvgIpc) is 2.81. The van der Waals surface area contributed by atoms with Gasteiger partial charge >= 0.3 is 0 Å². The van der Waals surface area contributed by atoms with Crippen molar-refractivity contribution in [2.45, 2.75) is 9.39 Å². The fraction of sp³-hybridized carbons (Fsp3) is 0.182. The van der Waals surface area contributed by atoms with Crippen LogP contribution in [0.15, 0.2) is 42.0 Å². The molecule has 0 saturated carbocycles. The third kappa shape index (κ3) is 2.30. The second kappa shape index (κ2) is 4.75. The molecule has 0 aliphatic carbocycles. The summed E-state index contributed by atoms with van der Waals surface area (Å²) in [4.78, 5) is 4.50. The predicted molar refractivity (Wildman–Crippen MR) is 71.8 cm³/mol. The first-order valence-electron chi connectivity index (χ1n) is 4.70. The summed E-state index contributed by atoms with van der Waals surface area (Å²) in [5.41, 5.74) is -1.25. The number of pyridine rings is 1. The van der Waals surface area contributed by atoms with Crippen molar-refractivity contribution in [3.8, 4) is 0 Å². The number of aliphatic hydroxyl groups is 1. The van der Waals surface area contributed by atoms with E-state index in [9.17, 15) is 5.11 Å². The zero-order valence-electron chi connectivity index (χ0n) is 8.48. The van der Waals surface area contributed by atoms with Gasteiger partial charge in [-0.2, -0.15) is 0 Å². The number of rotatable bonds is 2. The Balaban J connectivity index is 2.61. The van der Waals surface area contributed by atoms with Gasteiger partial charge in [0.1, 0.15) is 0 Å². The van der Waals surface area contributed by atoms with E-state index in [0.29, 0.717) is 10.4 Å². The van der Waals surface area contributed by atoms with E-state index < -0.39 is 9.39 Å². The zero-order valence-corrected chi connectivity index (χ0v) is 11.6. The van der Waals surface area contributed by atoms with Crippen molar-refractivity contribution in [2.24, 2.45) is 0 Å². The second-order valence-corrected chi connectivity index (χ2v) is 6.66. The van der Waals surface area contributed by atoms with Gasteiger partial charge in [0.05, 0.1) is 0 Å². The molecule has 2 aromatic heterocycles. The van der Waals surface area contributed by atoms with E-state index in [-0.39, 0.29) is 0 Å². The summed E-state index contributed by atoms with van der Waals surface area (Å²) in [5.74, 6) is 0. The largest absolute Gasteiger partial charge is 0.375 e. The molecule has 0 bridgehead atoms. The van der Waals surface area contributed by atoms with Crippen molar-refractivity contribution in [1.29, 1.82) is 0 Å². The Labute approximate surface area is 118 Å². The molecule has 17 heavy (non-hydrogen) atoms. The number of hydrogen-bond donors (Lipinski definition) is 1. The molecular formula is C11H8Cl3NOS. The van der Waals surface area contributed by atoms with Gasteiger partial charge in [-0.3, -0.25) is 4.98 Å². The monoisotopic (exact) mass is 307 g/mol. The summed E-state index contributed by atoms with van der Waals surface area (Å²) >= 11 is 19.1. The van der Waals surface area contributed by atoms with E-state index in [1.54, 1.807) is 30.5 Å². The van der Waals surface area contributed by atoms with Crippen LogP contribution < -0.4 is 0 Å². The SMILES string of the molecule is O[C@@](c1cccnc1)(c1cccs1)C(Cl)(Cl)Cl. The van der Waals surface area contributed by atoms with Crippen molar-refractivity contribution in [3.63, 3.8) is 0 Å². The highest BCUT2D eigenvalue weighted by atomic mass is 35.6. The molecule has 0 aromatic carbocycles. The van der Waals surface area contributed by atoms with E-state index in [4.69, 9.17) is 34.8 Å². The van der Waals surface area contributed by atoms with Gasteiger partial charge in [0.2, 0.25) is 3.79 Å². The van der Waals surface area contributed by atoms with Crippen molar-refractivity contribution < 1.29 is 5.11 Å². The van der Waals surface area contributed by atoms with Gasteiger partial charge in [-0.05, 0) is 17.5 Å². The third-order valence-corrected chi connectivity index (χ3v) is 4.17. The first-order valence-corrected chi connectivity index (χ1v) is 6.71. The Bertz CT molecular complexity index is 483. The highest BCUT2D eigenvalue weighted by Crippen LogP contribution is 2.50. The van der Waals surface area contributed by atoms with E-state index in [2.05, 4.69) is 4.98 Å². The molecule has 0 aliphatic rings. The van der Waals surface area contributed by atoms with Gasteiger partial charge in [-0.15, -0.1) is 11.3 Å². The number of aromatic nitrogens is 1. The Morgan fingerprint density at radius 2 is 1.94 bits per heavy atom. The van der Waals surface area contributed by atoms with Crippen molar-refractivity contribution >= 4 is 46.1 Å². The number of hydrogen-bond acceptors (Lipinski definition) is 3. The summed E-state index contributed by atoms with van der Waals surface area (Å²) in [6.45, 7) is 0. The average molecular weight is 309 g/mol. The molecular weight excluding hydrogens is 301 g/mol. The van der Waals surface area contributed by atoms with E-state index in [1.165, 1.54) is 17.5 Å². The Kier molecular flexibility index (Phi) is 3.66. The molecule has 1 atom stereocenters. The van der Waals surface area contributed by atoms with Crippen LogP contribution in [0.25, 0.3) is 0 Å². The first-order chi connectivity index (χ1) is 7.96. The lowest BCUT2D eigenvalue weighted by atomic mass is 9.95. The minimum absolute atomic E-state index is 0.447. The molecule has 0 saturated heterocycles. The van der Waals surface area contributed by atoms with Gasteiger partial charge in [-0.1, -0.05) is 46.9 Å². The standard InChI is InChI=1S/C11H8Cl3NOS/c12-11(13,14)10(16,9-4-2-6-17-9)8-3-1-5-15-7-8/h1-7,16H/t10-/m0/s1. The normalized spacial score (nSPS) is 15.5. The van der Waals surface area contributed by atoms with Gasteiger partial charge in [-0.25, -0.2) is 0 Å². The molecule has 6 heteroatoms. The van der Waals surface area contributed by atoms with Crippen LogP contribution in [0, 0.1) is 0 Å². The highest BCUT2D eigenvalue weighted by Gasteiger charge is 2.50. The lowest BCUT2D eigenvalue weighted by molar-refractivity contribution is 0.0885. The fourth-order valence-electron chi connectivity index (χ4n) is 1.51. The summed E-state index contributed by atoms with van der Waals surface area (Å²) in [6, 6.07) is 6.87. The molecule has 2 aromatic rings. The number of halogens is 3. The van der Waals surface area contributed by atoms with Crippen LogP contribution in [-0.4, -0.2) is 13.9 Å². The third-order valence-electron chi connectivity index (χ3n) is 2.37. The molecule has 0 aliphatic heterocycles. The maximum atomic E-state index is 10.8. The first kappa shape index (κ1) is 13.1. The number of thiophene rings is 1. The van der Waals surface area contributed by atoms with Crippen LogP contribution >= 0.6 is 46.1 Å². The maximum Gasteiger partial charge on any atom is 0.227 e. The molecule has 0 unspecified atom stereocenters. The van der Waals surface area contributed by atoms with Crippen LogP contribution in [0.1, 0.15) is 10.4 Å². The Morgan fingerprint density at radius 1 is 1.18 bits per heavy atom. The van der Waals surface area contributed by atoms with E-state index in [1.807, 2.05) is 5.38 Å². The Hall–Kier alpha value is -0.320. The molecule has 2 heterocycles. The lowest BCUT2D eigenvalue weighted by Crippen LogP contribution is -2.40. The number of nitrogens with zero attached hydrogens (tertiary/aromatic N) is 1. The van der Waals surface area contributed by atoms with Crippen LogP contribution in [0.2, 0.25) is 0 Å². The smallest absolute Gasteiger partial charge is 0.227 e. The lowest BCUT2D eigenvalue weighted by Gasteiger charge is -2.33. The van der Waals surface area contributed by atoms with Crippen LogP contribution in [0.4, 0.5) is 0 Å². The van der Waals surface area contributed by atoms with Gasteiger partial charge in [0.15, 0.2) is 5.60 Å². The highest BCUT2D eigenvalue weighted by molar-refractivity contribution is 7.10. The maximum absolute atomic E-state index is 10.8. The van der Waals surface area contributed by atoms with Crippen LogP contribution in [-0.2, 0) is 5.60 Å². The molecule has 2 nitrogen and oxygen atoms in total. The quantitative estimate of drug-likeness (QED) is 0.857. The molecule has 2 rings (SSSR count). The number of alkyl halides is 3. The molecule has 90 valence electrons. The summed E-state index contributed by atoms with van der Waals surface area (Å²) in [7, 11) is 0. The molecule has 1 N–H and O–H groups in total. The van der Waals surface area contributed by atoms with Crippen molar-refractivity contribution in [1.82, 2.24) is 4.98 Å². The van der Waals surface area contributed by atoms with E-state index >= 15 is 0 Å². The van der Waals surface area contributed by atoms with Gasteiger partial charge in [0, 0.05) is 22.8 Å². The molecule has 0 fully saturated rings. The predicted octanol–water partition coefficient (Wildman–Crippen LogP) is 3.75. The molecule has 0 amide bonds. The molecule has 0 spiro atoms.